The molecule has 1 aromatic heterocycles. The maximum absolute atomic E-state index is 12.6. The van der Waals surface area contributed by atoms with Gasteiger partial charge in [0, 0.05) is 17.5 Å². The van der Waals surface area contributed by atoms with Gasteiger partial charge in [0.25, 0.3) is 0 Å². The first-order chi connectivity index (χ1) is 14.1. The summed E-state index contributed by atoms with van der Waals surface area (Å²) in [5.74, 6) is 1.47. The fourth-order valence-electron chi connectivity index (χ4n) is 3.12. The Morgan fingerprint density at radius 1 is 1.17 bits per heavy atom. The van der Waals surface area contributed by atoms with Crippen molar-refractivity contribution in [2.45, 2.75) is 49.2 Å². The standard InChI is InChI=1S/C22H23ClN4OS/c1-15(21(28)24-13-18-9-5-6-10-19(18)23)29-22-26-25-20(17-11-12-17)27(22)14-16-7-3-2-4-8-16/h2-10,15,17H,11-14H2,1H3,(H,24,28). The highest BCUT2D eigenvalue weighted by atomic mass is 35.5. The van der Waals surface area contributed by atoms with E-state index in [9.17, 15) is 4.79 Å². The molecule has 0 aliphatic heterocycles. The minimum absolute atomic E-state index is 0.0443. The van der Waals surface area contributed by atoms with Gasteiger partial charge in [0.1, 0.15) is 5.82 Å². The lowest BCUT2D eigenvalue weighted by molar-refractivity contribution is -0.120. The molecule has 5 nitrogen and oxygen atoms in total. The third-order valence-electron chi connectivity index (χ3n) is 4.93. The van der Waals surface area contributed by atoms with E-state index in [1.807, 2.05) is 49.4 Å². The van der Waals surface area contributed by atoms with Crippen LogP contribution in [-0.2, 0) is 17.9 Å². The molecule has 1 atom stereocenters. The number of carbonyl (C=O) groups excluding carboxylic acids is 1. The third kappa shape index (κ3) is 5.00. The van der Waals surface area contributed by atoms with Gasteiger partial charge in [0.2, 0.25) is 5.91 Å². The van der Waals surface area contributed by atoms with E-state index in [1.165, 1.54) is 17.3 Å². The first-order valence-electron chi connectivity index (χ1n) is 9.76. The van der Waals surface area contributed by atoms with Gasteiger partial charge in [-0.15, -0.1) is 10.2 Å². The molecular weight excluding hydrogens is 404 g/mol. The van der Waals surface area contributed by atoms with Crippen LogP contribution in [0.5, 0.6) is 0 Å². The number of carbonyl (C=O) groups is 1. The SMILES string of the molecule is CC(Sc1nnc(C2CC2)n1Cc1ccccc1)C(=O)NCc1ccccc1Cl. The molecule has 1 unspecified atom stereocenters. The summed E-state index contributed by atoms with van der Waals surface area (Å²) < 4.78 is 2.16. The molecule has 1 heterocycles. The summed E-state index contributed by atoms with van der Waals surface area (Å²) in [6.07, 6.45) is 2.32. The monoisotopic (exact) mass is 426 g/mol. The predicted molar refractivity (Wildman–Crippen MR) is 116 cm³/mol. The minimum atomic E-state index is -0.289. The van der Waals surface area contributed by atoms with Gasteiger partial charge in [-0.3, -0.25) is 4.79 Å². The molecule has 3 aromatic rings. The Kier molecular flexibility index (Phi) is 6.21. The van der Waals surface area contributed by atoms with E-state index in [0.29, 0.717) is 17.5 Å². The molecule has 7 heteroatoms. The molecule has 4 rings (SSSR count). The molecule has 0 bridgehead atoms. The zero-order valence-electron chi connectivity index (χ0n) is 16.2. The molecule has 1 fully saturated rings. The molecule has 1 amide bonds. The van der Waals surface area contributed by atoms with Crippen LogP contribution >= 0.6 is 23.4 Å². The molecule has 29 heavy (non-hydrogen) atoms. The number of amides is 1. The number of hydrogen-bond acceptors (Lipinski definition) is 4. The second kappa shape index (κ2) is 9.01. The van der Waals surface area contributed by atoms with Crippen LogP contribution in [-0.4, -0.2) is 25.9 Å². The van der Waals surface area contributed by atoms with E-state index >= 15 is 0 Å². The van der Waals surface area contributed by atoms with E-state index in [0.717, 1.165) is 35.9 Å². The van der Waals surface area contributed by atoms with Crippen molar-refractivity contribution in [3.05, 3.63) is 76.6 Å². The Hall–Kier alpha value is -2.31. The summed E-state index contributed by atoms with van der Waals surface area (Å²) in [6, 6.07) is 17.8. The smallest absolute Gasteiger partial charge is 0.233 e. The Balaban J connectivity index is 1.44. The molecular formula is C22H23ClN4OS. The van der Waals surface area contributed by atoms with Crippen LogP contribution in [0.25, 0.3) is 0 Å². The normalized spacial score (nSPS) is 14.6. The van der Waals surface area contributed by atoms with E-state index in [-0.39, 0.29) is 11.2 Å². The van der Waals surface area contributed by atoms with Crippen LogP contribution in [0.3, 0.4) is 0 Å². The van der Waals surface area contributed by atoms with E-state index < -0.39 is 0 Å². The Morgan fingerprint density at radius 3 is 2.62 bits per heavy atom. The van der Waals surface area contributed by atoms with Crippen LogP contribution < -0.4 is 5.32 Å². The second-order valence-electron chi connectivity index (χ2n) is 7.26. The van der Waals surface area contributed by atoms with Crippen LogP contribution in [0.1, 0.15) is 42.6 Å². The fourth-order valence-corrected chi connectivity index (χ4v) is 4.21. The van der Waals surface area contributed by atoms with Gasteiger partial charge in [-0.1, -0.05) is 71.9 Å². The maximum Gasteiger partial charge on any atom is 0.233 e. The molecule has 0 saturated heterocycles. The first kappa shape index (κ1) is 20.0. The molecule has 2 aromatic carbocycles. The van der Waals surface area contributed by atoms with Crippen molar-refractivity contribution in [1.29, 1.82) is 0 Å². The number of halogens is 1. The van der Waals surface area contributed by atoms with Crippen LogP contribution in [0.4, 0.5) is 0 Å². The summed E-state index contributed by atoms with van der Waals surface area (Å²) in [5.41, 5.74) is 2.11. The Labute approximate surface area is 179 Å². The maximum atomic E-state index is 12.6. The van der Waals surface area contributed by atoms with Crippen LogP contribution in [0, 0.1) is 0 Å². The molecule has 0 spiro atoms. The minimum Gasteiger partial charge on any atom is -0.351 e. The zero-order valence-corrected chi connectivity index (χ0v) is 17.8. The van der Waals surface area contributed by atoms with Gasteiger partial charge in [-0.25, -0.2) is 0 Å². The van der Waals surface area contributed by atoms with Crippen molar-refractivity contribution < 1.29 is 4.79 Å². The van der Waals surface area contributed by atoms with Crippen molar-refractivity contribution in [1.82, 2.24) is 20.1 Å². The fraction of sp³-hybridized carbons (Fsp3) is 0.318. The average molecular weight is 427 g/mol. The van der Waals surface area contributed by atoms with Gasteiger partial charge in [-0.05, 0) is 37.0 Å². The van der Waals surface area contributed by atoms with Crippen molar-refractivity contribution in [3.8, 4) is 0 Å². The number of benzene rings is 2. The highest BCUT2D eigenvalue weighted by Crippen LogP contribution is 2.40. The van der Waals surface area contributed by atoms with E-state index in [2.05, 4.69) is 32.2 Å². The number of hydrogen-bond donors (Lipinski definition) is 1. The van der Waals surface area contributed by atoms with Crippen LogP contribution in [0.2, 0.25) is 5.02 Å². The summed E-state index contributed by atoms with van der Waals surface area (Å²) in [6.45, 7) is 3.02. The lowest BCUT2D eigenvalue weighted by Gasteiger charge is -2.14. The van der Waals surface area contributed by atoms with Gasteiger partial charge >= 0.3 is 0 Å². The highest BCUT2D eigenvalue weighted by Gasteiger charge is 2.31. The van der Waals surface area contributed by atoms with Crippen molar-refractivity contribution >= 4 is 29.3 Å². The number of rotatable bonds is 8. The van der Waals surface area contributed by atoms with Gasteiger partial charge < -0.3 is 9.88 Å². The predicted octanol–water partition coefficient (Wildman–Crippen LogP) is 4.65. The summed E-state index contributed by atoms with van der Waals surface area (Å²) in [7, 11) is 0. The summed E-state index contributed by atoms with van der Waals surface area (Å²) >= 11 is 7.62. The largest absolute Gasteiger partial charge is 0.351 e. The lowest BCUT2D eigenvalue weighted by Crippen LogP contribution is -2.30. The van der Waals surface area contributed by atoms with Crippen LogP contribution in [0.15, 0.2) is 59.8 Å². The topological polar surface area (TPSA) is 59.8 Å². The summed E-state index contributed by atoms with van der Waals surface area (Å²) in [4.78, 5) is 12.6. The molecule has 1 saturated carbocycles. The van der Waals surface area contributed by atoms with Crippen molar-refractivity contribution in [2.75, 3.05) is 0 Å². The highest BCUT2D eigenvalue weighted by molar-refractivity contribution is 8.00. The van der Waals surface area contributed by atoms with Gasteiger partial charge in [-0.2, -0.15) is 0 Å². The molecule has 0 radical (unpaired) electrons. The van der Waals surface area contributed by atoms with E-state index in [4.69, 9.17) is 11.6 Å². The van der Waals surface area contributed by atoms with Gasteiger partial charge in [0.15, 0.2) is 5.16 Å². The lowest BCUT2D eigenvalue weighted by atomic mass is 10.2. The van der Waals surface area contributed by atoms with E-state index in [1.54, 1.807) is 0 Å². The number of nitrogens with one attached hydrogen (secondary N) is 1. The molecule has 150 valence electrons. The third-order valence-corrected chi connectivity index (χ3v) is 6.38. The number of nitrogens with zero attached hydrogens (tertiary/aromatic N) is 3. The quantitative estimate of drug-likeness (QED) is 0.532. The first-order valence-corrected chi connectivity index (χ1v) is 11.0. The zero-order chi connectivity index (χ0) is 20.2. The molecule has 1 aliphatic carbocycles. The number of aromatic nitrogens is 3. The summed E-state index contributed by atoms with van der Waals surface area (Å²) in [5, 5.41) is 13.0. The van der Waals surface area contributed by atoms with Gasteiger partial charge in [0.05, 0.1) is 11.8 Å². The number of thioether (sulfide) groups is 1. The molecule has 1 aliphatic rings. The second-order valence-corrected chi connectivity index (χ2v) is 8.97. The average Bonchev–Trinajstić information content (AvgIpc) is 3.51. The van der Waals surface area contributed by atoms with Crippen molar-refractivity contribution in [3.63, 3.8) is 0 Å². The Bertz CT molecular complexity index is 987. The Morgan fingerprint density at radius 2 is 1.90 bits per heavy atom. The molecule has 1 N–H and O–H groups in total. The van der Waals surface area contributed by atoms with Crippen molar-refractivity contribution in [2.24, 2.45) is 0 Å².